The van der Waals surface area contributed by atoms with Crippen LogP contribution >= 0.6 is 23.1 Å². The van der Waals surface area contributed by atoms with Crippen molar-refractivity contribution in [3.63, 3.8) is 0 Å². The number of aryl methyl sites for hydroxylation is 1. The summed E-state index contributed by atoms with van der Waals surface area (Å²) in [7, 11) is -6.57. The van der Waals surface area contributed by atoms with Gasteiger partial charge in [0.1, 0.15) is 22.0 Å². The van der Waals surface area contributed by atoms with Crippen LogP contribution in [0.1, 0.15) is 33.3 Å². The molecule has 7 rings (SSSR count). The van der Waals surface area contributed by atoms with Gasteiger partial charge in [0.2, 0.25) is 17.8 Å². The molecule has 23 nitrogen and oxygen atoms in total. The number of fused-ring (bicyclic) bond motifs is 2. The number of rotatable bonds is 21. The van der Waals surface area contributed by atoms with E-state index in [1.165, 1.54) is 24.7 Å². The quantitative estimate of drug-likeness (QED) is 0.0333. The number of benzene rings is 4. The molecule has 70 heavy (non-hydrogen) atoms. The van der Waals surface area contributed by atoms with Crippen molar-refractivity contribution in [2.45, 2.75) is 39.5 Å². The Hall–Kier alpha value is -6.88. The topological polar surface area (TPSA) is 303 Å². The van der Waals surface area contributed by atoms with Crippen LogP contribution in [-0.4, -0.2) is 119 Å². The van der Waals surface area contributed by atoms with E-state index in [9.17, 15) is 23.2 Å². The molecular formula is C43H50N14O9S4. The fourth-order valence-corrected chi connectivity index (χ4v) is 9.50. The zero-order valence-corrected chi connectivity index (χ0v) is 42.1. The molecule has 0 spiro atoms. The summed E-state index contributed by atoms with van der Waals surface area (Å²) in [4.78, 5) is 19.8. The van der Waals surface area contributed by atoms with Crippen molar-refractivity contribution in [3.8, 4) is 5.75 Å². The van der Waals surface area contributed by atoms with E-state index in [1.54, 1.807) is 17.0 Å². The van der Waals surface area contributed by atoms with Crippen LogP contribution in [0.4, 0.5) is 62.0 Å². The van der Waals surface area contributed by atoms with Gasteiger partial charge in [-0.25, -0.2) is 0 Å². The van der Waals surface area contributed by atoms with Crippen molar-refractivity contribution in [2.24, 2.45) is 20.5 Å². The van der Waals surface area contributed by atoms with Crippen LogP contribution in [0.25, 0.3) is 21.8 Å². The Kier molecular flexibility index (Phi) is 18.1. The molecule has 4 aromatic carbocycles. The third-order valence-corrected chi connectivity index (χ3v) is 12.9. The van der Waals surface area contributed by atoms with Crippen molar-refractivity contribution < 1.29 is 40.5 Å². The Morgan fingerprint density at radius 1 is 0.671 bits per heavy atom. The number of ether oxygens (including phenoxy) is 1. The van der Waals surface area contributed by atoms with Crippen molar-refractivity contribution in [1.29, 1.82) is 0 Å². The van der Waals surface area contributed by atoms with Gasteiger partial charge in [0.25, 0.3) is 10.1 Å². The number of aliphatic hydroxyl groups is 2. The maximum Gasteiger partial charge on any atom is 0.425 e. The van der Waals surface area contributed by atoms with E-state index >= 15 is 0 Å². The number of nitrogens with zero attached hydrogens (tertiary/aromatic N) is 12. The molecule has 0 aliphatic carbocycles. The van der Waals surface area contributed by atoms with E-state index in [0.717, 1.165) is 52.5 Å². The second-order valence-electron chi connectivity index (χ2n) is 14.8. The highest BCUT2D eigenvalue weighted by Crippen LogP contribution is 2.42. The van der Waals surface area contributed by atoms with Gasteiger partial charge in [-0.2, -0.15) is 32.1 Å². The summed E-state index contributed by atoms with van der Waals surface area (Å²) in [6.45, 7) is 12.9. The highest BCUT2D eigenvalue weighted by molar-refractivity contribution is 7.86. The lowest BCUT2D eigenvalue weighted by atomic mass is 10.2. The van der Waals surface area contributed by atoms with Crippen LogP contribution in [0.5, 0.6) is 5.75 Å². The normalized spacial score (nSPS) is 11.6. The lowest BCUT2D eigenvalue weighted by molar-refractivity contribution is 0.280. The number of azo groups is 2. The predicted octanol–water partition coefficient (Wildman–Crippen LogP) is 8.45. The molecule has 0 bridgehead atoms. The molecular weight excluding hydrogens is 985 g/mol. The van der Waals surface area contributed by atoms with E-state index in [0.29, 0.717) is 40.8 Å². The molecule has 0 amide bonds. The van der Waals surface area contributed by atoms with Crippen LogP contribution in [0.15, 0.2) is 92.1 Å². The van der Waals surface area contributed by atoms with Gasteiger partial charge in [-0.1, -0.05) is 11.6 Å². The van der Waals surface area contributed by atoms with E-state index in [-0.39, 0.29) is 65.8 Å². The molecule has 0 unspecified atom stereocenters. The molecule has 0 aliphatic heterocycles. The molecule has 5 N–H and O–H groups in total. The van der Waals surface area contributed by atoms with Gasteiger partial charge in [0.15, 0.2) is 10.0 Å². The fourth-order valence-electron chi connectivity index (χ4n) is 7.18. The van der Waals surface area contributed by atoms with Gasteiger partial charge in [-0.15, -0.1) is 33.1 Å². The Morgan fingerprint density at radius 2 is 1.17 bits per heavy atom. The molecule has 3 aromatic heterocycles. The third kappa shape index (κ3) is 12.8. The minimum absolute atomic E-state index is 0.0602. The van der Waals surface area contributed by atoms with Gasteiger partial charge in [-0.3, -0.25) is 4.55 Å². The van der Waals surface area contributed by atoms with Crippen molar-refractivity contribution >= 4 is 128 Å². The maximum absolute atomic E-state index is 12.6. The van der Waals surface area contributed by atoms with Gasteiger partial charge in [0, 0.05) is 56.0 Å². The van der Waals surface area contributed by atoms with Crippen molar-refractivity contribution in [2.75, 3.05) is 84.9 Å². The molecule has 0 saturated carbocycles. The van der Waals surface area contributed by atoms with E-state index in [1.807, 2.05) is 69.3 Å². The van der Waals surface area contributed by atoms with Crippen molar-refractivity contribution in [1.82, 2.24) is 23.7 Å². The average Bonchev–Trinajstić information content (AvgIpc) is 3.94. The lowest BCUT2D eigenvalue weighted by Crippen LogP contribution is -2.31. The van der Waals surface area contributed by atoms with Gasteiger partial charge < -0.3 is 40.3 Å². The van der Waals surface area contributed by atoms with E-state index in [4.69, 9.17) is 37.4 Å². The summed E-state index contributed by atoms with van der Waals surface area (Å²) in [5, 5.41) is 46.8. The maximum atomic E-state index is 12.6. The van der Waals surface area contributed by atoms with Crippen LogP contribution in [0.2, 0.25) is 0 Å². The Balaban J connectivity index is 0.00000193. The standard InChI is InChI=1S/C43H50N14O6S3.O3S/c1-7-55(8-2)27-12-15-31(49-51-39-29-23-26(5)11-14-30(29)53-64-39)34(24-27)44-41-46-42(48-43(47-41)57(19-21-58)20-22-59)45-35-25-28(56(9-3)10-4)13-16-32(35)50-52-40-37-33(54-65-40)17-18-36(63-6)38(37)66(60,61)62;1-4(2)3/h11-18,23-25,58-59H,7-10,19-22H2,1-6H3,(H,60,61,62)(H2,44,45,46,47,48);. The molecule has 27 heteroatoms. The molecule has 0 radical (unpaired) electrons. The summed E-state index contributed by atoms with van der Waals surface area (Å²) < 4.78 is 74.9. The SMILES string of the molecule is CCN(CC)c1ccc(N=Nc2snc3ccc(C)cc23)c(Nc2nc(Nc3cc(N(CC)CC)ccc3N=Nc3snc4ccc(OC)c(S(=O)(=O)O)c34)nc(N(CCO)CCO)n2)c1.O=S(=O)=O. The number of aliphatic hydroxyl groups excluding tert-OH is 2. The highest BCUT2D eigenvalue weighted by atomic mass is 32.2. The lowest BCUT2D eigenvalue weighted by Gasteiger charge is -2.24. The van der Waals surface area contributed by atoms with Crippen LogP contribution < -0.4 is 30.1 Å². The number of methoxy groups -OCH3 is 1. The Morgan fingerprint density at radius 3 is 1.67 bits per heavy atom. The van der Waals surface area contributed by atoms with Gasteiger partial charge in [-0.05, 0) is 118 Å². The summed E-state index contributed by atoms with van der Waals surface area (Å²) >= 11 is 2.17. The molecule has 3 heterocycles. The summed E-state index contributed by atoms with van der Waals surface area (Å²) in [5.41, 5.74) is 5.76. The minimum atomic E-state index is -4.76. The first-order valence-corrected chi connectivity index (χ1v) is 25.6. The van der Waals surface area contributed by atoms with Crippen LogP contribution in [-0.2, 0) is 20.7 Å². The minimum Gasteiger partial charge on any atom is -0.495 e. The Labute approximate surface area is 412 Å². The summed E-state index contributed by atoms with van der Waals surface area (Å²) in [5.74, 6) is 0.269. The largest absolute Gasteiger partial charge is 0.495 e. The third-order valence-electron chi connectivity index (χ3n) is 10.5. The van der Waals surface area contributed by atoms with Crippen LogP contribution in [0.3, 0.4) is 0 Å². The number of hydrogen-bond donors (Lipinski definition) is 5. The average molecular weight is 1040 g/mol. The Bertz CT molecular complexity index is 3230. The van der Waals surface area contributed by atoms with Crippen molar-refractivity contribution in [3.05, 3.63) is 72.3 Å². The first kappa shape index (κ1) is 52.5. The van der Waals surface area contributed by atoms with E-state index in [2.05, 4.69) is 58.4 Å². The molecule has 370 valence electrons. The zero-order valence-electron chi connectivity index (χ0n) is 38.8. The van der Waals surface area contributed by atoms with Gasteiger partial charge >= 0.3 is 10.6 Å². The molecule has 0 atom stereocenters. The summed E-state index contributed by atoms with van der Waals surface area (Å²) in [6, 6.07) is 20.3. The van der Waals surface area contributed by atoms with Gasteiger partial charge in [0.05, 0.1) is 48.1 Å². The number of hydrogen-bond acceptors (Lipinski definition) is 24. The fraction of sp³-hybridized carbons (Fsp3) is 0.326. The first-order valence-electron chi connectivity index (χ1n) is 21.6. The second kappa shape index (κ2) is 24.1. The monoisotopic (exact) mass is 1030 g/mol. The zero-order chi connectivity index (χ0) is 50.5. The molecule has 0 fully saturated rings. The molecule has 7 aromatic rings. The second-order valence-corrected chi connectivity index (χ2v) is 18.1. The predicted molar refractivity (Wildman–Crippen MR) is 271 cm³/mol. The highest BCUT2D eigenvalue weighted by Gasteiger charge is 2.25. The van der Waals surface area contributed by atoms with E-state index < -0.39 is 25.6 Å². The molecule has 0 aliphatic rings. The number of aromatic nitrogens is 5. The smallest absolute Gasteiger partial charge is 0.425 e. The van der Waals surface area contributed by atoms with Crippen LogP contribution in [0, 0.1) is 6.92 Å². The first-order chi connectivity index (χ1) is 33.6. The summed E-state index contributed by atoms with van der Waals surface area (Å²) in [6.07, 6.45) is 0. The number of anilines is 7. The molecule has 0 saturated heterocycles. The number of nitrogens with one attached hydrogen (secondary N) is 2.